The second-order valence-corrected chi connectivity index (χ2v) is 5.22. The van der Waals surface area contributed by atoms with Gasteiger partial charge in [0.2, 0.25) is 0 Å². The molecule has 0 bridgehead atoms. The quantitative estimate of drug-likeness (QED) is 0.721. The molecule has 3 nitrogen and oxygen atoms in total. The van der Waals surface area contributed by atoms with Gasteiger partial charge in [0, 0.05) is 28.4 Å². The Bertz CT molecular complexity index is 797. The van der Waals surface area contributed by atoms with Crippen LogP contribution in [-0.4, -0.2) is 10.9 Å². The average Bonchev–Trinajstić information content (AvgIpc) is 2.89. The third-order valence-electron chi connectivity index (χ3n) is 2.99. The van der Waals surface area contributed by atoms with Crippen molar-refractivity contribution in [3.8, 4) is 0 Å². The van der Waals surface area contributed by atoms with E-state index in [1.54, 1.807) is 12.1 Å². The fourth-order valence-electron chi connectivity index (χ4n) is 1.97. The van der Waals surface area contributed by atoms with Crippen LogP contribution in [0.4, 0.5) is 10.1 Å². The highest BCUT2D eigenvalue weighted by Gasteiger charge is 2.09. The highest BCUT2D eigenvalue weighted by molar-refractivity contribution is 9.10. The summed E-state index contributed by atoms with van der Waals surface area (Å²) in [7, 11) is 0. The number of anilines is 1. The largest absolute Gasteiger partial charge is 0.361 e. The van der Waals surface area contributed by atoms with Crippen molar-refractivity contribution >= 4 is 38.4 Å². The number of fused-ring (bicyclic) bond motifs is 1. The minimum atomic E-state index is -0.460. The standard InChI is InChI=1S/C15H10BrFN2O/c16-12-3-1-10(8-13(12)17)15(20)19-11-2-4-14-9(7-11)5-6-18-14/h1-8,18H,(H,19,20). The second-order valence-electron chi connectivity index (χ2n) is 4.36. The number of aromatic amines is 1. The molecule has 3 aromatic rings. The molecule has 1 amide bonds. The molecule has 20 heavy (non-hydrogen) atoms. The second kappa shape index (κ2) is 5.09. The molecule has 0 saturated carbocycles. The number of nitrogens with one attached hydrogen (secondary N) is 2. The zero-order valence-corrected chi connectivity index (χ0v) is 11.9. The van der Waals surface area contributed by atoms with Gasteiger partial charge in [-0.25, -0.2) is 4.39 Å². The lowest BCUT2D eigenvalue weighted by molar-refractivity contribution is 0.102. The highest BCUT2D eigenvalue weighted by Crippen LogP contribution is 2.20. The molecule has 0 fully saturated rings. The third-order valence-corrected chi connectivity index (χ3v) is 3.64. The minimum absolute atomic E-state index is 0.278. The van der Waals surface area contributed by atoms with Crippen molar-refractivity contribution in [3.05, 3.63) is 64.5 Å². The van der Waals surface area contributed by atoms with E-state index in [0.717, 1.165) is 10.9 Å². The van der Waals surface area contributed by atoms with Crippen LogP contribution in [0.15, 0.2) is 53.1 Å². The molecule has 2 N–H and O–H groups in total. The van der Waals surface area contributed by atoms with Crippen LogP contribution in [0, 0.1) is 5.82 Å². The maximum absolute atomic E-state index is 13.4. The van der Waals surface area contributed by atoms with Gasteiger partial charge in [-0.05, 0) is 58.4 Å². The van der Waals surface area contributed by atoms with Gasteiger partial charge in [-0.2, -0.15) is 0 Å². The SMILES string of the molecule is O=C(Nc1ccc2[nH]ccc2c1)c1ccc(Br)c(F)c1. The van der Waals surface area contributed by atoms with Gasteiger partial charge in [-0.3, -0.25) is 4.79 Å². The van der Waals surface area contributed by atoms with E-state index < -0.39 is 5.82 Å². The molecule has 0 aliphatic carbocycles. The van der Waals surface area contributed by atoms with Gasteiger partial charge in [0.05, 0.1) is 4.47 Å². The van der Waals surface area contributed by atoms with Crippen molar-refractivity contribution in [1.29, 1.82) is 0 Å². The number of rotatable bonds is 2. The van der Waals surface area contributed by atoms with E-state index in [1.165, 1.54) is 12.1 Å². The predicted molar refractivity (Wildman–Crippen MR) is 80.4 cm³/mol. The van der Waals surface area contributed by atoms with E-state index >= 15 is 0 Å². The molecular weight excluding hydrogens is 323 g/mol. The van der Waals surface area contributed by atoms with Crippen molar-refractivity contribution < 1.29 is 9.18 Å². The first-order valence-corrected chi connectivity index (χ1v) is 6.76. The van der Waals surface area contributed by atoms with Crippen LogP contribution < -0.4 is 5.32 Å². The molecule has 0 spiro atoms. The first-order chi connectivity index (χ1) is 9.63. The lowest BCUT2D eigenvalue weighted by Crippen LogP contribution is -2.12. The summed E-state index contributed by atoms with van der Waals surface area (Å²) in [4.78, 5) is 15.1. The zero-order chi connectivity index (χ0) is 14.1. The summed E-state index contributed by atoms with van der Waals surface area (Å²) in [6.45, 7) is 0. The lowest BCUT2D eigenvalue weighted by atomic mass is 10.2. The number of benzene rings is 2. The van der Waals surface area contributed by atoms with Crippen molar-refractivity contribution in [1.82, 2.24) is 4.98 Å². The van der Waals surface area contributed by atoms with Gasteiger partial charge >= 0.3 is 0 Å². The van der Waals surface area contributed by atoms with Crippen LogP contribution in [0.3, 0.4) is 0 Å². The molecule has 0 saturated heterocycles. The molecule has 1 heterocycles. The number of amides is 1. The fraction of sp³-hybridized carbons (Fsp3) is 0. The number of carbonyl (C=O) groups is 1. The van der Waals surface area contributed by atoms with Crippen LogP contribution >= 0.6 is 15.9 Å². The molecule has 100 valence electrons. The topological polar surface area (TPSA) is 44.9 Å². The number of H-pyrrole nitrogens is 1. The molecule has 3 rings (SSSR count). The summed E-state index contributed by atoms with van der Waals surface area (Å²) >= 11 is 3.06. The molecule has 1 aromatic heterocycles. The van der Waals surface area contributed by atoms with E-state index in [2.05, 4.69) is 26.2 Å². The number of halogens is 2. The number of hydrogen-bond acceptors (Lipinski definition) is 1. The van der Waals surface area contributed by atoms with Gasteiger partial charge < -0.3 is 10.3 Å². The van der Waals surface area contributed by atoms with E-state index in [-0.39, 0.29) is 11.5 Å². The molecule has 2 aromatic carbocycles. The van der Waals surface area contributed by atoms with Crippen LogP contribution in [-0.2, 0) is 0 Å². The zero-order valence-electron chi connectivity index (χ0n) is 10.3. The van der Waals surface area contributed by atoms with Crippen molar-refractivity contribution in [2.24, 2.45) is 0 Å². The maximum atomic E-state index is 13.4. The predicted octanol–water partition coefficient (Wildman–Crippen LogP) is 4.32. The van der Waals surface area contributed by atoms with Crippen molar-refractivity contribution in [2.75, 3.05) is 5.32 Å². The van der Waals surface area contributed by atoms with Gasteiger partial charge in [0.25, 0.3) is 5.91 Å². The number of hydrogen-bond donors (Lipinski definition) is 2. The highest BCUT2D eigenvalue weighted by atomic mass is 79.9. The normalized spacial score (nSPS) is 10.7. The Kier molecular flexibility index (Phi) is 3.28. The fourth-order valence-corrected chi connectivity index (χ4v) is 2.22. The van der Waals surface area contributed by atoms with E-state index in [1.807, 2.05) is 24.4 Å². The summed E-state index contributed by atoms with van der Waals surface area (Å²) in [6.07, 6.45) is 1.83. The number of carbonyl (C=O) groups excluding carboxylic acids is 1. The molecule has 0 aliphatic heterocycles. The molecule has 5 heteroatoms. The van der Waals surface area contributed by atoms with E-state index in [0.29, 0.717) is 10.2 Å². The van der Waals surface area contributed by atoms with E-state index in [4.69, 9.17) is 0 Å². The Morgan fingerprint density at radius 1 is 1.15 bits per heavy atom. The number of aromatic nitrogens is 1. The first-order valence-electron chi connectivity index (χ1n) is 5.97. The van der Waals surface area contributed by atoms with E-state index in [9.17, 15) is 9.18 Å². The Labute approximate surface area is 122 Å². The van der Waals surface area contributed by atoms with Crippen molar-refractivity contribution in [2.45, 2.75) is 0 Å². The van der Waals surface area contributed by atoms with Gasteiger partial charge in [0.1, 0.15) is 5.82 Å². The molecule has 0 unspecified atom stereocenters. The maximum Gasteiger partial charge on any atom is 0.255 e. The molecule has 0 radical (unpaired) electrons. The summed E-state index contributed by atoms with van der Waals surface area (Å²) in [5, 5.41) is 3.76. The Morgan fingerprint density at radius 2 is 2.00 bits per heavy atom. The summed E-state index contributed by atoms with van der Waals surface area (Å²) in [5.74, 6) is -0.801. The Morgan fingerprint density at radius 3 is 2.80 bits per heavy atom. The van der Waals surface area contributed by atoms with Crippen molar-refractivity contribution in [3.63, 3.8) is 0 Å². The monoisotopic (exact) mass is 332 g/mol. The average molecular weight is 333 g/mol. The summed E-state index contributed by atoms with van der Waals surface area (Å²) in [5.41, 5.74) is 1.95. The lowest BCUT2D eigenvalue weighted by Gasteiger charge is -2.06. The van der Waals surface area contributed by atoms with Crippen LogP contribution in [0.25, 0.3) is 10.9 Å². The third kappa shape index (κ3) is 2.44. The minimum Gasteiger partial charge on any atom is -0.361 e. The Balaban J connectivity index is 1.85. The molecule has 0 atom stereocenters. The van der Waals surface area contributed by atoms with Gasteiger partial charge in [0.15, 0.2) is 0 Å². The van der Waals surface area contributed by atoms with Crippen LogP contribution in [0.5, 0.6) is 0 Å². The molecule has 0 aliphatic rings. The van der Waals surface area contributed by atoms with Gasteiger partial charge in [-0.1, -0.05) is 0 Å². The smallest absolute Gasteiger partial charge is 0.255 e. The van der Waals surface area contributed by atoms with Crippen LogP contribution in [0.1, 0.15) is 10.4 Å². The van der Waals surface area contributed by atoms with Crippen LogP contribution in [0.2, 0.25) is 0 Å². The summed E-state index contributed by atoms with van der Waals surface area (Å²) in [6, 6.07) is 11.7. The summed E-state index contributed by atoms with van der Waals surface area (Å²) < 4.78 is 13.7. The van der Waals surface area contributed by atoms with Gasteiger partial charge in [-0.15, -0.1) is 0 Å². The Hall–Kier alpha value is -2.14. The molecular formula is C15H10BrFN2O. The first kappa shape index (κ1) is 12.9.